The van der Waals surface area contributed by atoms with E-state index in [0.29, 0.717) is 39.0 Å². The van der Waals surface area contributed by atoms with Gasteiger partial charge in [-0.25, -0.2) is 18.4 Å². The third kappa shape index (κ3) is 5.89. The van der Waals surface area contributed by atoms with Crippen molar-refractivity contribution < 1.29 is 18.3 Å². The standard InChI is InChI=1S/C24H27N5O4S/c30-22(11-6-19-4-2-1-3-5-19)24(31)29-16-14-28(15-17-29)20-7-9-21(10-8-20)34(32,33)27-23-12-13-25-18-26-23/h1-5,7-10,12-13,18,22,30H,6,11,14-17H2,(H,25,26,27). The fourth-order valence-electron chi connectivity index (χ4n) is 3.85. The zero-order valence-electron chi connectivity index (χ0n) is 18.6. The third-order valence-electron chi connectivity index (χ3n) is 5.76. The fraction of sp³-hybridized carbons (Fsp3) is 0.292. The molecule has 1 fully saturated rings. The average Bonchev–Trinajstić information content (AvgIpc) is 2.88. The number of piperazine rings is 1. The number of anilines is 2. The number of benzene rings is 2. The van der Waals surface area contributed by atoms with Crippen LogP contribution in [0.1, 0.15) is 12.0 Å². The van der Waals surface area contributed by atoms with Crippen LogP contribution in [-0.4, -0.2) is 66.6 Å². The van der Waals surface area contributed by atoms with Gasteiger partial charge in [0.05, 0.1) is 4.90 Å². The monoisotopic (exact) mass is 481 g/mol. The van der Waals surface area contributed by atoms with Crippen molar-refractivity contribution in [1.82, 2.24) is 14.9 Å². The topological polar surface area (TPSA) is 116 Å². The summed E-state index contributed by atoms with van der Waals surface area (Å²) in [6.07, 6.45) is 2.75. The minimum Gasteiger partial charge on any atom is -0.383 e. The van der Waals surface area contributed by atoms with Gasteiger partial charge in [-0.3, -0.25) is 9.52 Å². The number of hydrogen-bond acceptors (Lipinski definition) is 7. The number of aryl methyl sites for hydroxylation is 1. The van der Waals surface area contributed by atoms with Crippen LogP contribution in [0.3, 0.4) is 0 Å². The molecule has 9 nitrogen and oxygen atoms in total. The first-order valence-electron chi connectivity index (χ1n) is 11.1. The van der Waals surface area contributed by atoms with Gasteiger partial charge < -0.3 is 14.9 Å². The van der Waals surface area contributed by atoms with E-state index in [1.165, 1.54) is 18.6 Å². The van der Waals surface area contributed by atoms with Crippen LogP contribution in [0, 0.1) is 0 Å². The number of carbonyl (C=O) groups is 1. The van der Waals surface area contributed by atoms with Crippen molar-refractivity contribution >= 4 is 27.4 Å². The lowest BCUT2D eigenvalue weighted by atomic mass is 10.1. The molecule has 0 spiro atoms. The molecule has 2 N–H and O–H groups in total. The van der Waals surface area contributed by atoms with E-state index in [1.54, 1.807) is 29.2 Å². The predicted molar refractivity (Wildman–Crippen MR) is 129 cm³/mol. The molecule has 2 heterocycles. The van der Waals surface area contributed by atoms with E-state index in [9.17, 15) is 18.3 Å². The van der Waals surface area contributed by atoms with E-state index < -0.39 is 16.1 Å². The number of aromatic nitrogens is 2. The van der Waals surface area contributed by atoms with E-state index >= 15 is 0 Å². The number of rotatable bonds is 8. The lowest BCUT2D eigenvalue weighted by Crippen LogP contribution is -2.51. The van der Waals surface area contributed by atoms with Crippen molar-refractivity contribution in [3.63, 3.8) is 0 Å². The normalized spacial score (nSPS) is 15.1. The molecule has 178 valence electrons. The van der Waals surface area contributed by atoms with Gasteiger partial charge in [-0.15, -0.1) is 0 Å². The van der Waals surface area contributed by atoms with Gasteiger partial charge in [0.2, 0.25) is 0 Å². The van der Waals surface area contributed by atoms with Crippen LogP contribution in [0.25, 0.3) is 0 Å². The van der Waals surface area contributed by atoms with Gasteiger partial charge in [-0.2, -0.15) is 0 Å². The summed E-state index contributed by atoms with van der Waals surface area (Å²) in [5.74, 6) is -0.0429. The van der Waals surface area contributed by atoms with E-state index in [1.807, 2.05) is 30.3 Å². The molecule has 3 aromatic rings. The van der Waals surface area contributed by atoms with Crippen molar-refractivity contribution in [2.24, 2.45) is 0 Å². The maximum Gasteiger partial charge on any atom is 0.263 e. The predicted octanol–water partition coefficient (Wildman–Crippen LogP) is 1.92. The fourth-order valence-corrected chi connectivity index (χ4v) is 4.86. The Bertz CT molecular complexity index is 1180. The lowest BCUT2D eigenvalue weighted by molar-refractivity contribution is -0.140. The zero-order chi connectivity index (χ0) is 24.0. The number of nitrogens with zero attached hydrogens (tertiary/aromatic N) is 4. The number of nitrogens with one attached hydrogen (secondary N) is 1. The molecule has 1 saturated heterocycles. The highest BCUT2D eigenvalue weighted by atomic mass is 32.2. The number of hydrogen-bond donors (Lipinski definition) is 2. The molecule has 0 aliphatic carbocycles. The second-order valence-electron chi connectivity index (χ2n) is 8.05. The van der Waals surface area contributed by atoms with E-state index in [2.05, 4.69) is 19.6 Å². The SMILES string of the molecule is O=C(C(O)CCc1ccccc1)N1CCN(c2ccc(S(=O)(=O)Nc3ccncn3)cc2)CC1. The average molecular weight is 482 g/mol. The first-order valence-corrected chi connectivity index (χ1v) is 12.6. The molecule has 1 aliphatic heterocycles. The Labute approximate surface area is 199 Å². The Balaban J connectivity index is 1.29. The second kappa shape index (κ2) is 10.6. The number of aliphatic hydroxyl groups is 1. The zero-order valence-corrected chi connectivity index (χ0v) is 19.4. The number of amides is 1. The molecule has 1 unspecified atom stereocenters. The highest BCUT2D eigenvalue weighted by Gasteiger charge is 2.26. The minimum absolute atomic E-state index is 0.130. The summed E-state index contributed by atoms with van der Waals surface area (Å²) in [6, 6.07) is 17.9. The number of sulfonamides is 1. The van der Waals surface area contributed by atoms with Gasteiger partial charge in [-0.1, -0.05) is 30.3 Å². The smallest absolute Gasteiger partial charge is 0.263 e. The Morgan fingerprint density at radius 3 is 2.35 bits per heavy atom. The van der Waals surface area contributed by atoms with Crippen LogP contribution in [-0.2, 0) is 21.2 Å². The molecule has 0 radical (unpaired) electrons. The number of aliphatic hydroxyl groups excluding tert-OH is 1. The largest absolute Gasteiger partial charge is 0.383 e. The Morgan fingerprint density at radius 1 is 1.00 bits per heavy atom. The summed E-state index contributed by atoms with van der Waals surface area (Å²) in [5, 5.41) is 10.4. The highest BCUT2D eigenvalue weighted by molar-refractivity contribution is 7.92. The molecule has 0 bridgehead atoms. The maximum atomic E-state index is 12.6. The van der Waals surface area contributed by atoms with Crippen LogP contribution < -0.4 is 9.62 Å². The Morgan fingerprint density at radius 2 is 1.71 bits per heavy atom. The molecule has 2 aromatic carbocycles. The van der Waals surface area contributed by atoms with Crippen LogP contribution in [0.15, 0.2) is 78.1 Å². The van der Waals surface area contributed by atoms with Crippen molar-refractivity contribution in [3.8, 4) is 0 Å². The van der Waals surface area contributed by atoms with E-state index in [-0.39, 0.29) is 16.6 Å². The number of carbonyl (C=O) groups excluding carboxylic acids is 1. The molecule has 1 amide bonds. The van der Waals surface area contributed by atoms with Crippen LogP contribution in [0.5, 0.6) is 0 Å². The van der Waals surface area contributed by atoms with Gasteiger partial charge in [-0.05, 0) is 48.7 Å². The minimum atomic E-state index is -3.76. The summed E-state index contributed by atoms with van der Waals surface area (Å²) in [4.78, 5) is 24.2. The van der Waals surface area contributed by atoms with Crippen molar-refractivity contribution in [2.75, 3.05) is 35.8 Å². The van der Waals surface area contributed by atoms with Gasteiger partial charge in [0.1, 0.15) is 18.2 Å². The van der Waals surface area contributed by atoms with Crippen LogP contribution >= 0.6 is 0 Å². The molecular weight excluding hydrogens is 454 g/mol. The first-order chi connectivity index (χ1) is 16.4. The van der Waals surface area contributed by atoms with Gasteiger partial charge in [0.15, 0.2) is 0 Å². The third-order valence-corrected chi connectivity index (χ3v) is 7.13. The molecule has 1 aliphatic rings. The van der Waals surface area contributed by atoms with Crippen LogP contribution in [0.2, 0.25) is 0 Å². The Hall–Kier alpha value is -3.50. The quantitative estimate of drug-likeness (QED) is 0.505. The molecule has 1 atom stereocenters. The molecular formula is C24H27N5O4S. The summed E-state index contributed by atoms with van der Waals surface area (Å²) < 4.78 is 27.5. The summed E-state index contributed by atoms with van der Waals surface area (Å²) in [6.45, 7) is 2.19. The van der Waals surface area contributed by atoms with E-state index in [4.69, 9.17) is 0 Å². The molecule has 34 heavy (non-hydrogen) atoms. The van der Waals surface area contributed by atoms with Crippen molar-refractivity contribution in [1.29, 1.82) is 0 Å². The van der Waals surface area contributed by atoms with Gasteiger partial charge >= 0.3 is 0 Å². The maximum absolute atomic E-state index is 12.6. The first kappa shape index (κ1) is 23.7. The summed E-state index contributed by atoms with van der Waals surface area (Å²) in [7, 11) is -3.76. The van der Waals surface area contributed by atoms with Crippen molar-refractivity contribution in [2.45, 2.75) is 23.8 Å². The summed E-state index contributed by atoms with van der Waals surface area (Å²) in [5.41, 5.74) is 1.97. The molecule has 4 rings (SSSR count). The highest BCUT2D eigenvalue weighted by Crippen LogP contribution is 2.21. The second-order valence-corrected chi connectivity index (χ2v) is 9.73. The van der Waals surface area contributed by atoms with Gasteiger partial charge in [0.25, 0.3) is 15.9 Å². The lowest BCUT2D eigenvalue weighted by Gasteiger charge is -2.37. The van der Waals surface area contributed by atoms with Gasteiger partial charge in [0, 0.05) is 38.1 Å². The Kier molecular flexibility index (Phi) is 7.39. The van der Waals surface area contributed by atoms with E-state index in [0.717, 1.165) is 11.3 Å². The molecule has 1 aromatic heterocycles. The van der Waals surface area contributed by atoms with Crippen molar-refractivity contribution in [3.05, 3.63) is 78.8 Å². The molecule has 0 saturated carbocycles. The van der Waals surface area contributed by atoms with Crippen LogP contribution in [0.4, 0.5) is 11.5 Å². The summed E-state index contributed by atoms with van der Waals surface area (Å²) >= 11 is 0. The molecule has 10 heteroatoms.